The Hall–Kier alpha value is -2.13. The average molecular weight is 436 g/mol. The van der Waals surface area contributed by atoms with Crippen LogP contribution in [0.2, 0.25) is 0 Å². The van der Waals surface area contributed by atoms with Gasteiger partial charge < -0.3 is 9.64 Å². The lowest BCUT2D eigenvalue weighted by Crippen LogP contribution is -2.41. The number of aromatic nitrogens is 2. The van der Waals surface area contributed by atoms with Gasteiger partial charge in [-0.2, -0.15) is 0 Å². The summed E-state index contributed by atoms with van der Waals surface area (Å²) in [6.07, 6.45) is 3.74. The second-order valence-corrected chi connectivity index (χ2v) is 8.91. The van der Waals surface area contributed by atoms with Crippen LogP contribution in [0.25, 0.3) is 10.2 Å². The maximum Gasteiger partial charge on any atom is 0.308 e. The second-order valence-electron chi connectivity index (χ2n) is 6.85. The number of hydrogen-bond donors (Lipinski definition) is 0. The molecule has 0 N–H and O–H groups in total. The Balaban J connectivity index is 1.72. The lowest BCUT2D eigenvalue weighted by molar-refractivity contribution is -0.148. The fraction of sp³-hybridized carbons (Fsp3) is 0.500. The highest BCUT2D eigenvalue weighted by molar-refractivity contribution is 7.99. The minimum Gasteiger partial charge on any atom is -0.469 e. The topological polar surface area (TPSA) is 81.5 Å². The van der Waals surface area contributed by atoms with Crippen molar-refractivity contribution in [3.8, 4) is 0 Å². The van der Waals surface area contributed by atoms with Gasteiger partial charge in [0.2, 0.25) is 5.91 Å². The van der Waals surface area contributed by atoms with Crippen molar-refractivity contribution in [1.29, 1.82) is 0 Å². The maximum absolute atomic E-state index is 12.9. The van der Waals surface area contributed by atoms with Crippen LogP contribution in [0, 0.1) is 5.92 Å². The molecule has 2 aromatic rings. The van der Waals surface area contributed by atoms with Crippen LogP contribution in [0.4, 0.5) is 0 Å². The number of piperidine rings is 1. The number of likely N-dealkylation sites (tertiary alicyclic amines) is 1. The molecular weight excluding hydrogens is 410 g/mol. The quantitative estimate of drug-likeness (QED) is 0.288. The Morgan fingerprint density at radius 2 is 2.14 bits per heavy atom. The molecule has 2 aromatic heterocycles. The number of thioether (sulfide) groups is 1. The SMILES string of the molecule is C=CCn1c(SCC(=O)N2CCC(C(=O)OC)CC2)nc2sc(CC)cc2c1=O. The molecule has 29 heavy (non-hydrogen) atoms. The molecule has 0 atom stereocenters. The van der Waals surface area contributed by atoms with Crippen molar-refractivity contribution in [2.75, 3.05) is 26.0 Å². The third-order valence-corrected chi connectivity index (χ3v) is 7.17. The Bertz CT molecular complexity index is 974. The van der Waals surface area contributed by atoms with Gasteiger partial charge in [0.1, 0.15) is 4.83 Å². The van der Waals surface area contributed by atoms with Gasteiger partial charge in [-0.25, -0.2) is 4.98 Å². The maximum atomic E-state index is 12.9. The minimum absolute atomic E-state index is 0.0155. The molecule has 0 aromatic carbocycles. The van der Waals surface area contributed by atoms with Crippen LogP contribution < -0.4 is 5.56 Å². The monoisotopic (exact) mass is 435 g/mol. The first kappa shape index (κ1) is 21.6. The standard InChI is InChI=1S/C20H25N3O4S2/c1-4-8-23-18(25)15-11-14(5-2)29-17(15)21-20(23)28-12-16(24)22-9-6-13(7-10-22)19(26)27-3/h4,11,13H,1,5-10,12H2,2-3H3. The van der Waals surface area contributed by atoms with Crippen LogP contribution in [-0.2, 0) is 27.3 Å². The first-order chi connectivity index (χ1) is 14.0. The average Bonchev–Trinajstić information content (AvgIpc) is 3.17. The largest absolute Gasteiger partial charge is 0.469 e. The fourth-order valence-electron chi connectivity index (χ4n) is 3.37. The normalized spacial score (nSPS) is 14.9. The van der Waals surface area contributed by atoms with Gasteiger partial charge in [-0.15, -0.1) is 17.9 Å². The molecule has 1 aliphatic rings. The lowest BCUT2D eigenvalue weighted by Gasteiger charge is -2.30. The molecule has 0 radical (unpaired) electrons. The zero-order valence-electron chi connectivity index (χ0n) is 16.7. The summed E-state index contributed by atoms with van der Waals surface area (Å²) in [4.78, 5) is 45.4. The number of allylic oxidation sites excluding steroid dienone is 1. The Morgan fingerprint density at radius 1 is 1.41 bits per heavy atom. The molecule has 156 valence electrons. The second kappa shape index (κ2) is 9.58. The van der Waals surface area contributed by atoms with E-state index in [9.17, 15) is 14.4 Å². The van der Waals surface area contributed by atoms with Gasteiger partial charge in [-0.3, -0.25) is 19.0 Å². The molecule has 1 amide bonds. The summed E-state index contributed by atoms with van der Waals surface area (Å²) in [5.74, 6) is -0.160. The summed E-state index contributed by atoms with van der Waals surface area (Å²) in [7, 11) is 1.39. The van der Waals surface area contributed by atoms with Crippen molar-refractivity contribution in [2.24, 2.45) is 5.92 Å². The molecule has 0 spiro atoms. The van der Waals surface area contributed by atoms with Crippen molar-refractivity contribution in [1.82, 2.24) is 14.5 Å². The molecule has 3 rings (SSSR count). The molecule has 0 bridgehead atoms. The number of nitrogens with zero attached hydrogens (tertiary/aromatic N) is 3. The number of ether oxygens (including phenoxy) is 1. The zero-order valence-corrected chi connectivity index (χ0v) is 18.3. The van der Waals surface area contributed by atoms with Crippen molar-refractivity contribution < 1.29 is 14.3 Å². The summed E-state index contributed by atoms with van der Waals surface area (Å²) in [5.41, 5.74) is -0.0975. The third kappa shape index (κ3) is 4.72. The number of fused-ring (bicyclic) bond motifs is 1. The fourth-order valence-corrected chi connectivity index (χ4v) is 5.29. The van der Waals surface area contributed by atoms with Gasteiger partial charge in [0.15, 0.2) is 5.16 Å². The van der Waals surface area contributed by atoms with E-state index in [-0.39, 0.29) is 29.1 Å². The van der Waals surface area contributed by atoms with E-state index in [2.05, 4.69) is 11.6 Å². The van der Waals surface area contributed by atoms with E-state index in [0.29, 0.717) is 47.8 Å². The third-order valence-electron chi connectivity index (χ3n) is 5.03. The van der Waals surface area contributed by atoms with E-state index in [0.717, 1.165) is 11.3 Å². The summed E-state index contributed by atoms with van der Waals surface area (Å²) in [6, 6.07) is 1.90. The summed E-state index contributed by atoms with van der Waals surface area (Å²) < 4.78 is 6.36. The van der Waals surface area contributed by atoms with Crippen molar-refractivity contribution >= 4 is 45.2 Å². The van der Waals surface area contributed by atoms with Gasteiger partial charge in [0, 0.05) is 24.5 Å². The predicted octanol–water partition coefficient (Wildman–Crippen LogP) is 2.71. The highest BCUT2D eigenvalue weighted by Gasteiger charge is 2.28. The zero-order chi connectivity index (χ0) is 21.0. The first-order valence-corrected chi connectivity index (χ1v) is 11.4. The number of carbonyl (C=O) groups is 2. The minimum atomic E-state index is -0.209. The van der Waals surface area contributed by atoms with Crippen LogP contribution in [0.5, 0.6) is 0 Å². The van der Waals surface area contributed by atoms with Crippen molar-refractivity contribution in [3.63, 3.8) is 0 Å². The van der Waals surface area contributed by atoms with Gasteiger partial charge in [-0.05, 0) is 25.3 Å². The summed E-state index contributed by atoms with van der Waals surface area (Å²) in [5, 5.41) is 1.15. The number of carbonyl (C=O) groups excluding carboxylic acids is 2. The van der Waals surface area contributed by atoms with E-state index in [4.69, 9.17) is 4.74 Å². The highest BCUT2D eigenvalue weighted by atomic mass is 32.2. The molecule has 3 heterocycles. The van der Waals surface area contributed by atoms with Gasteiger partial charge in [0.25, 0.3) is 5.56 Å². The van der Waals surface area contributed by atoms with E-state index in [1.165, 1.54) is 30.2 Å². The number of methoxy groups -OCH3 is 1. The Labute approximate surface area is 177 Å². The van der Waals surface area contributed by atoms with Crippen LogP contribution in [-0.4, -0.2) is 52.3 Å². The number of esters is 1. The summed E-state index contributed by atoms with van der Waals surface area (Å²) >= 11 is 2.79. The molecular formula is C20H25N3O4S2. The molecule has 1 aliphatic heterocycles. The van der Waals surface area contributed by atoms with E-state index in [1.54, 1.807) is 15.5 Å². The first-order valence-electron chi connectivity index (χ1n) is 9.61. The smallest absolute Gasteiger partial charge is 0.308 e. The molecule has 1 saturated heterocycles. The number of thiophene rings is 1. The van der Waals surface area contributed by atoms with E-state index >= 15 is 0 Å². The van der Waals surface area contributed by atoms with Crippen molar-refractivity contribution in [2.45, 2.75) is 37.9 Å². The van der Waals surface area contributed by atoms with Crippen molar-refractivity contribution in [3.05, 3.63) is 34.0 Å². The summed E-state index contributed by atoms with van der Waals surface area (Å²) in [6.45, 7) is 7.20. The predicted molar refractivity (Wildman–Crippen MR) is 115 cm³/mol. The van der Waals surface area contributed by atoms with Crippen LogP contribution in [0.3, 0.4) is 0 Å². The van der Waals surface area contributed by atoms with Gasteiger partial charge in [-0.1, -0.05) is 24.8 Å². The Kier molecular flexibility index (Phi) is 7.13. The van der Waals surface area contributed by atoms with Crippen LogP contribution in [0.15, 0.2) is 28.7 Å². The van der Waals surface area contributed by atoms with Gasteiger partial charge in [0.05, 0.1) is 24.2 Å². The molecule has 0 saturated carbocycles. The lowest BCUT2D eigenvalue weighted by atomic mass is 9.97. The molecule has 0 unspecified atom stereocenters. The van der Waals surface area contributed by atoms with Crippen LogP contribution in [0.1, 0.15) is 24.6 Å². The van der Waals surface area contributed by atoms with Crippen LogP contribution >= 0.6 is 23.1 Å². The number of aryl methyl sites for hydroxylation is 1. The number of hydrogen-bond acceptors (Lipinski definition) is 7. The van der Waals surface area contributed by atoms with Gasteiger partial charge >= 0.3 is 5.97 Å². The molecule has 9 heteroatoms. The molecule has 0 aliphatic carbocycles. The number of amides is 1. The molecule has 1 fully saturated rings. The molecule has 7 nitrogen and oxygen atoms in total. The Morgan fingerprint density at radius 3 is 2.76 bits per heavy atom. The number of rotatable bonds is 7. The highest BCUT2D eigenvalue weighted by Crippen LogP contribution is 2.26. The van der Waals surface area contributed by atoms with E-state index in [1.807, 2.05) is 13.0 Å². The van der Waals surface area contributed by atoms with E-state index < -0.39 is 0 Å².